The third-order valence-electron chi connectivity index (χ3n) is 2.93. The fourth-order valence-electron chi connectivity index (χ4n) is 1.89. The van der Waals surface area contributed by atoms with Gasteiger partial charge in [-0.3, -0.25) is 4.79 Å². The average Bonchev–Trinajstić information content (AvgIpc) is 2.56. The van der Waals surface area contributed by atoms with E-state index in [0.29, 0.717) is 11.3 Å². The first-order valence-corrected chi connectivity index (χ1v) is 7.14. The van der Waals surface area contributed by atoms with Crippen LogP contribution in [-0.4, -0.2) is 31.0 Å². The summed E-state index contributed by atoms with van der Waals surface area (Å²) in [6, 6.07) is 8.37. The molecule has 0 bridgehead atoms. The number of carbonyl (C=O) groups is 1. The van der Waals surface area contributed by atoms with E-state index in [2.05, 4.69) is 10.5 Å². The van der Waals surface area contributed by atoms with E-state index in [0.717, 1.165) is 0 Å². The summed E-state index contributed by atoms with van der Waals surface area (Å²) in [4.78, 5) is 11.9. The molecule has 126 valence electrons. The molecule has 0 fully saturated rings. The summed E-state index contributed by atoms with van der Waals surface area (Å²) in [5.41, 5.74) is 0.944. The normalized spacial score (nSPS) is 10.6. The molecule has 0 radical (unpaired) electrons. The van der Waals surface area contributed by atoms with E-state index in [1.165, 1.54) is 43.7 Å². The molecule has 0 unspecified atom stereocenters. The van der Waals surface area contributed by atoms with Crippen LogP contribution in [0, 0.1) is 5.82 Å². The van der Waals surface area contributed by atoms with Gasteiger partial charge in [0.25, 0.3) is 5.91 Å². The Hall–Kier alpha value is -2.80. The van der Waals surface area contributed by atoms with E-state index in [-0.39, 0.29) is 23.1 Å². The lowest BCUT2D eigenvalue weighted by atomic mass is 10.2. The number of halogens is 2. The van der Waals surface area contributed by atoms with E-state index in [9.17, 15) is 9.18 Å². The number of hydrogen-bond acceptors (Lipinski definition) is 5. The molecule has 0 heterocycles. The molecule has 0 saturated heterocycles. The summed E-state index contributed by atoms with van der Waals surface area (Å²) in [5, 5.41) is 14.2. The van der Waals surface area contributed by atoms with Gasteiger partial charge in [-0.2, -0.15) is 0 Å². The van der Waals surface area contributed by atoms with Crippen molar-refractivity contribution in [2.75, 3.05) is 19.0 Å². The van der Waals surface area contributed by atoms with E-state index >= 15 is 0 Å². The topological polar surface area (TPSA) is 80.2 Å². The molecule has 6 nitrogen and oxygen atoms in total. The molecule has 8 heteroatoms. The van der Waals surface area contributed by atoms with Crippen LogP contribution in [-0.2, 0) is 4.79 Å². The van der Waals surface area contributed by atoms with Crippen LogP contribution in [0.3, 0.4) is 0 Å². The smallest absolute Gasteiger partial charge is 0.262 e. The molecule has 0 aliphatic carbocycles. The monoisotopic (exact) mass is 352 g/mol. The summed E-state index contributed by atoms with van der Waals surface area (Å²) < 4.78 is 23.4. The zero-order valence-corrected chi connectivity index (χ0v) is 13.4. The Morgan fingerprint density at radius 1 is 1.38 bits per heavy atom. The molecular formula is C16H14ClFN2O4. The van der Waals surface area contributed by atoms with Gasteiger partial charge in [0.2, 0.25) is 0 Å². The molecule has 0 aromatic heterocycles. The molecule has 0 aliphatic heterocycles. The van der Waals surface area contributed by atoms with Crippen LogP contribution in [0.4, 0.5) is 10.1 Å². The minimum atomic E-state index is -0.444. The van der Waals surface area contributed by atoms with Gasteiger partial charge < -0.3 is 20.0 Å². The lowest BCUT2D eigenvalue weighted by Gasteiger charge is -2.13. The van der Waals surface area contributed by atoms with Crippen LogP contribution in [0.25, 0.3) is 0 Å². The maximum Gasteiger partial charge on any atom is 0.262 e. The fraction of sp³-hybridized carbons (Fsp3) is 0.125. The number of ether oxygens (including phenoxy) is 2. The van der Waals surface area contributed by atoms with Gasteiger partial charge >= 0.3 is 0 Å². The Morgan fingerprint density at radius 2 is 2.08 bits per heavy atom. The van der Waals surface area contributed by atoms with Crippen LogP contribution in [0.2, 0.25) is 5.02 Å². The standard InChI is InChI=1S/C16H14ClFN2O4/c1-23-14-7-10(8-19-22)6-13(17)16(14)24-9-15(21)20-12-4-2-11(18)3-5-12/h2-8,22H,9H2,1H3,(H,20,21). The number of benzene rings is 2. The number of amides is 1. The predicted octanol–water partition coefficient (Wildman–Crippen LogP) is 3.31. The molecular weight excluding hydrogens is 339 g/mol. The van der Waals surface area contributed by atoms with Gasteiger partial charge in [0, 0.05) is 11.3 Å². The van der Waals surface area contributed by atoms with Crippen molar-refractivity contribution in [3.8, 4) is 11.5 Å². The second-order valence-corrected chi connectivity index (χ2v) is 5.03. The number of rotatable bonds is 6. The van der Waals surface area contributed by atoms with Crippen molar-refractivity contribution in [2.45, 2.75) is 0 Å². The van der Waals surface area contributed by atoms with E-state index in [1.807, 2.05) is 0 Å². The summed E-state index contributed by atoms with van der Waals surface area (Å²) in [6.07, 6.45) is 1.18. The first kappa shape index (κ1) is 17.6. The van der Waals surface area contributed by atoms with Crippen molar-refractivity contribution >= 4 is 29.4 Å². The van der Waals surface area contributed by atoms with Crippen LogP contribution >= 0.6 is 11.6 Å². The zero-order valence-electron chi connectivity index (χ0n) is 12.6. The van der Waals surface area contributed by atoms with Crippen LogP contribution in [0.15, 0.2) is 41.6 Å². The number of oxime groups is 1. The van der Waals surface area contributed by atoms with Crippen LogP contribution in [0.1, 0.15) is 5.56 Å². The summed E-state index contributed by atoms with van der Waals surface area (Å²) >= 11 is 6.09. The van der Waals surface area contributed by atoms with Gasteiger partial charge in [0.1, 0.15) is 5.82 Å². The highest BCUT2D eigenvalue weighted by Crippen LogP contribution is 2.36. The molecule has 2 rings (SSSR count). The molecule has 2 aromatic rings. The maximum atomic E-state index is 12.8. The molecule has 1 amide bonds. The lowest BCUT2D eigenvalue weighted by Crippen LogP contribution is -2.20. The number of nitrogens with zero attached hydrogens (tertiary/aromatic N) is 1. The number of nitrogens with one attached hydrogen (secondary N) is 1. The van der Waals surface area contributed by atoms with Gasteiger partial charge in [-0.15, -0.1) is 0 Å². The fourth-order valence-corrected chi connectivity index (χ4v) is 2.16. The van der Waals surface area contributed by atoms with Gasteiger partial charge in [-0.05, 0) is 36.4 Å². The minimum Gasteiger partial charge on any atom is -0.493 e. The number of methoxy groups -OCH3 is 1. The Bertz CT molecular complexity index is 750. The third-order valence-corrected chi connectivity index (χ3v) is 3.21. The maximum absolute atomic E-state index is 12.8. The summed E-state index contributed by atoms with van der Waals surface area (Å²) in [6.45, 7) is -0.319. The van der Waals surface area contributed by atoms with E-state index in [1.54, 1.807) is 6.07 Å². The van der Waals surface area contributed by atoms with Crippen molar-refractivity contribution in [2.24, 2.45) is 5.16 Å². The first-order valence-electron chi connectivity index (χ1n) is 6.76. The molecule has 0 saturated carbocycles. The molecule has 2 N–H and O–H groups in total. The number of carbonyl (C=O) groups excluding carboxylic acids is 1. The molecule has 2 aromatic carbocycles. The van der Waals surface area contributed by atoms with Gasteiger partial charge in [-0.1, -0.05) is 16.8 Å². The highest BCUT2D eigenvalue weighted by Gasteiger charge is 2.13. The highest BCUT2D eigenvalue weighted by molar-refractivity contribution is 6.32. The number of hydrogen-bond donors (Lipinski definition) is 2. The SMILES string of the molecule is COc1cc(C=NO)cc(Cl)c1OCC(=O)Nc1ccc(F)cc1. The van der Waals surface area contributed by atoms with Crippen LogP contribution in [0.5, 0.6) is 11.5 Å². The van der Waals surface area contributed by atoms with E-state index < -0.39 is 11.7 Å². The second kappa shape index (κ2) is 8.16. The molecule has 0 aliphatic rings. The first-order chi connectivity index (χ1) is 11.5. The quantitative estimate of drug-likeness (QED) is 0.475. The number of anilines is 1. The Labute approximate surface area is 142 Å². The van der Waals surface area contributed by atoms with Crippen molar-refractivity contribution in [3.05, 3.63) is 52.8 Å². The largest absolute Gasteiger partial charge is 0.493 e. The third kappa shape index (κ3) is 4.60. The summed E-state index contributed by atoms with van der Waals surface area (Å²) in [5.74, 6) is -0.372. The highest BCUT2D eigenvalue weighted by atomic mass is 35.5. The summed E-state index contributed by atoms with van der Waals surface area (Å²) in [7, 11) is 1.41. The Morgan fingerprint density at radius 3 is 2.71 bits per heavy atom. The zero-order chi connectivity index (χ0) is 17.5. The van der Waals surface area contributed by atoms with Crippen molar-refractivity contribution in [3.63, 3.8) is 0 Å². The minimum absolute atomic E-state index is 0.184. The molecule has 24 heavy (non-hydrogen) atoms. The molecule has 0 spiro atoms. The van der Waals surface area contributed by atoms with Crippen molar-refractivity contribution < 1.29 is 23.9 Å². The second-order valence-electron chi connectivity index (χ2n) is 4.62. The van der Waals surface area contributed by atoms with Gasteiger partial charge in [0.15, 0.2) is 18.1 Å². The van der Waals surface area contributed by atoms with Crippen molar-refractivity contribution in [1.29, 1.82) is 0 Å². The van der Waals surface area contributed by atoms with E-state index in [4.69, 9.17) is 26.3 Å². The van der Waals surface area contributed by atoms with Gasteiger partial charge in [-0.25, -0.2) is 4.39 Å². The lowest BCUT2D eigenvalue weighted by molar-refractivity contribution is -0.118. The Balaban J connectivity index is 2.05. The van der Waals surface area contributed by atoms with Crippen LogP contribution < -0.4 is 14.8 Å². The average molecular weight is 353 g/mol. The predicted molar refractivity (Wildman–Crippen MR) is 87.9 cm³/mol. The van der Waals surface area contributed by atoms with Crippen molar-refractivity contribution in [1.82, 2.24) is 0 Å². The van der Waals surface area contributed by atoms with Gasteiger partial charge in [0.05, 0.1) is 18.3 Å². The Kier molecular flexibility index (Phi) is 5.97. The molecule has 0 atom stereocenters.